The summed E-state index contributed by atoms with van der Waals surface area (Å²) < 4.78 is 0. The molecule has 0 atom stereocenters. The van der Waals surface area contributed by atoms with Crippen LogP contribution in [0.4, 0.5) is 4.79 Å². The minimum absolute atomic E-state index is 0.217. The summed E-state index contributed by atoms with van der Waals surface area (Å²) in [6.07, 6.45) is 6.39. The summed E-state index contributed by atoms with van der Waals surface area (Å²) in [5.41, 5.74) is 7.67. The van der Waals surface area contributed by atoms with Gasteiger partial charge in [-0.2, -0.15) is 0 Å². The zero-order chi connectivity index (χ0) is 16.4. The Hall–Kier alpha value is -2.11. The number of amides is 2. The van der Waals surface area contributed by atoms with Crippen LogP contribution in [0.3, 0.4) is 0 Å². The largest absolute Gasteiger partial charge is 0.370 e. The highest BCUT2D eigenvalue weighted by molar-refractivity contribution is 5.93. The monoisotopic (exact) mass is 305 g/mol. The van der Waals surface area contributed by atoms with E-state index in [-0.39, 0.29) is 12.0 Å². The summed E-state index contributed by atoms with van der Waals surface area (Å²) in [5, 5.41) is 10.4. The van der Waals surface area contributed by atoms with Gasteiger partial charge in [-0.3, -0.25) is 15.3 Å². The Morgan fingerprint density at radius 2 is 2.18 bits per heavy atom. The molecule has 0 spiro atoms. The number of nitrogens with one attached hydrogen (secondary N) is 2. The molecule has 0 saturated carbocycles. The van der Waals surface area contributed by atoms with Gasteiger partial charge in [-0.25, -0.2) is 4.79 Å². The smallest absolute Gasteiger partial charge is 0.324 e. The van der Waals surface area contributed by atoms with E-state index in [0.29, 0.717) is 13.1 Å². The SMILES string of the molecule is CCCCCNC(=O)N(CCCc1ncccc1C)C(=N)N. The van der Waals surface area contributed by atoms with Crippen molar-refractivity contribution in [3.63, 3.8) is 0 Å². The first-order chi connectivity index (χ1) is 10.6. The zero-order valence-electron chi connectivity index (χ0n) is 13.6. The predicted octanol–water partition coefficient (Wildman–Crippen LogP) is 2.42. The first-order valence-electron chi connectivity index (χ1n) is 7.86. The molecule has 4 N–H and O–H groups in total. The molecule has 1 rings (SSSR count). The van der Waals surface area contributed by atoms with Crippen molar-refractivity contribution < 1.29 is 4.79 Å². The summed E-state index contributed by atoms with van der Waals surface area (Å²) in [7, 11) is 0. The lowest BCUT2D eigenvalue weighted by atomic mass is 10.1. The van der Waals surface area contributed by atoms with E-state index in [1.165, 1.54) is 4.90 Å². The van der Waals surface area contributed by atoms with Gasteiger partial charge in [0.25, 0.3) is 0 Å². The molecular formula is C16H27N5O. The quantitative estimate of drug-likeness (QED) is 0.391. The van der Waals surface area contributed by atoms with Crippen LogP contribution in [0.2, 0.25) is 0 Å². The highest BCUT2D eigenvalue weighted by Crippen LogP contribution is 2.06. The van der Waals surface area contributed by atoms with E-state index in [9.17, 15) is 4.79 Å². The van der Waals surface area contributed by atoms with Gasteiger partial charge in [-0.15, -0.1) is 0 Å². The molecule has 1 aromatic heterocycles. The summed E-state index contributed by atoms with van der Waals surface area (Å²) in [4.78, 5) is 17.6. The average molecular weight is 305 g/mol. The van der Waals surface area contributed by atoms with Crippen LogP contribution in [-0.4, -0.2) is 35.0 Å². The third kappa shape index (κ3) is 6.11. The van der Waals surface area contributed by atoms with Crippen molar-refractivity contribution in [3.05, 3.63) is 29.6 Å². The van der Waals surface area contributed by atoms with Gasteiger partial charge >= 0.3 is 6.03 Å². The van der Waals surface area contributed by atoms with Crippen molar-refractivity contribution >= 4 is 12.0 Å². The number of rotatable bonds is 8. The molecule has 22 heavy (non-hydrogen) atoms. The number of urea groups is 1. The van der Waals surface area contributed by atoms with Gasteiger partial charge < -0.3 is 11.1 Å². The van der Waals surface area contributed by atoms with Crippen molar-refractivity contribution in [2.75, 3.05) is 13.1 Å². The molecule has 6 heteroatoms. The highest BCUT2D eigenvalue weighted by Gasteiger charge is 2.15. The summed E-state index contributed by atoms with van der Waals surface area (Å²) in [6, 6.07) is 3.64. The van der Waals surface area contributed by atoms with Gasteiger partial charge in [-0.05, 0) is 37.8 Å². The standard InChI is InChI=1S/C16H27N5O/c1-3-4-5-10-20-16(22)21(15(17)18)12-7-9-14-13(2)8-6-11-19-14/h6,8,11H,3-5,7,9-10,12H2,1-2H3,(H3,17,18)(H,20,22). The number of nitrogens with zero attached hydrogens (tertiary/aromatic N) is 2. The first kappa shape index (κ1) is 17.9. The first-order valence-corrected chi connectivity index (χ1v) is 7.86. The van der Waals surface area contributed by atoms with E-state index in [2.05, 4.69) is 17.2 Å². The maximum Gasteiger partial charge on any atom is 0.324 e. The second-order valence-electron chi connectivity index (χ2n) is 5.35. The topological polar surface area (TPSA) is 95.1 Å². The van der Waals surface area contributed by atoms with E-state index >= 15 is 0 Å². The van der Waals surface area contributed by atoms with Gasteiger partial charge in [0.05, 0.1) is 0 Å². The molecule has 0 aliphatic heterocycles. The molecule has 0 aromatic carbocycles. The number of unbranched alkanes of at least 4 members (excludes halogenated alkanes) is 2. The van der Waals surface area contributed by atoms with Crippen molar-refractivity contribution in [2.24, 2.45) is 5.73 Å². The van der Waals surface area contributed by atoms with Crippen molar-refractivity contribution in [3.8, 4) is 0 Å². The molecule has 0 saturated heterocycles. The van der Waals surface area contributed by atoms with Crippen LogP contribution in [0.1, 0.15) is 43.9 Å². The molecule has 0 fully saturated rings. The molecule has 0 radical (unpaired) electrons. The molecule has 122 valence electrons. The van der Waals surface area contributed by atoms with Crippen LogP contribution in [0, 0.1) is 12.3 Å². The summed E-state index contributed by atoms with van der Waals surface area (Å²) >= 11 is 0. The Bertz CT molecular complexity index is 489. The summed E-state index contributed by atoms with van der Waals surface area (Å²) in [6.45, 7) is 5.18. The number of nitrogens with two attached hydrogens (primary N) is 1. The fourth-order valence-electron chi connectivity index (χ4n) is 2.18. The number of carbonyl (C=O) groups excluding carboxylic acids is 1. The van der Waals surface area contributed by atoms with Gasteiger partial charge in [0.15, 0.2) is 5.96 Å². The number of guanidine groups is 1. The van der Waals surface area contributed by atoms with Crippen molar-refractivity contribution in [2.45, 2.75) is 46.0 Å². The normalized spacial score (nSPS) is 10.3. The molecule has 6 nitrogen and oxygen atoms in total. The average Bonchev–Trinajstić information content (AvgIpc) is 2.49. The minimum Gasteiger partial charge on any atom is -0.370 e. The van der Waals surface area contributed by atoms with Crippen LogP contribution >= 0.6 is 0 Å². The maximum absolute atomic E-state index is 12.0. The fourth-order valence-corrected chi connectivity index (χ4v) is 2.18. The third-order valence-electron chi connectivity index (χ3n) is 3.51. The van der Waals surface area contributed by atoms with Crippen LogP contribution in [0.15, 0.2) is 18.3 Å². The van der Waals surface area contributed by atoms with E-state index in [0.717, 1.165) is 43.4 Å². The third-order valence-corrected chi connectivity index (χ3v) is 3.51. The lowest BCUT2D eigenvalue weighted by Gasteiger charge is -2.21. The number of pyridine rings is 1. The maximum atomic E-state index is 12.0. The lowest BCUT2D eigenvalue weighted by Crippen LogP contribution is -2.47. The van der Waals surface area contributed by atoms with E-state index < -0.39 is 0 Å². The Kier molecular flexibility index (Phi) is 7.96. The van der Waals surface area contributed by atoms with E-state index in [1.54, 1.807) is 6.20 Å². The van der Waals surface area contributed by atoms with Gasteiger partial charge in [0.1, 0.15) is 0 Å². The van der Waals surface area contributed by atoms with Crippen molar-refractivity contribution in [1.82, 2.24) is 15.2 Å². The van der Waals surface area contributed by atoms with Gasteiger partial charge in [0.2, 0.25) is 0 Å². The van der Waals surface area contributed by atoms with Crippen molar-refractivity contribution in [1.29, 1.82) is 5.41 Å². The van der Waals surface area contributed by atoms with Crippen LogP contribution in [-0.2, 0) is 6.42 Å². The minimum atomic E-state index is -0.290. The molecule has 1 heterocycles. The Morgan fingerprint density at radius 1 is 1.41 bits per heavy atom. The Morgan fingerprint density at radius 3 is 2.82 bits per heavy atom. The second kappa shape index (κ2) is 9.76. The number of hydrogen-bond acceptors (Lipinski definition) is 3. The zero-order valence-corrected chi connectivity index (χ0v) is 13.6. The number of aromatic nitrogens is 1. The molecule has 2 amide bonds. The molecule has 0 bridgehead atoms. The second-order valence-corrected chi connectivity index (χ2v) is 5.35. The van der Waals surface area contributed by atoms with Crippen LogP contribution in [0.5, 0.6) is 0 Å². The summed E-state index contributed by atoms with van der Waals surface area (Å²) in [5.74, 6) is -0.217. The van der Waals surface area contributed by atoms with Crippen LogP contribution < -0.4 is 11.1 Å². The van der Waals surface area contributed by atoms with E-state index in [1.807, 2.05) is 19.1 Å². The van der Waals surface area contributed by atoms with Gasteiger partial charge in [0, 0.05) is 25.0 Å². The number of carbonyl (C=O) groups is 1. The van der Waals surface area contributed by atoms with Crippen LogP contribution in [0.25, 0.3) is 0 Å². The molecule has 0 aliphatic carbocycles. The Labute approximate surface area is 132 Å². The molecular weight excluding hydrogens is 278 g/mol. The lowest BCUT2D eigenvalue weighted by molar-refractivity contribution is 0.219. The molecule has 1 aromatic rings. The van der Waals surface area contributed by atoms with E-state index in [4.69, 9.17) is 11.1 Å². The molecule has 0 unspecified atom stereocenters. The number of hydrogen-bond donors (Lipinski definition) is 3. The fraction of sp³-hybridized carbons (Fsp3) is 0.562. The van der Waals surface area contributed by atoms with Gasteiger partial charge in [-0.1, -0.05) is 25.8 Å². The molecule has 0 aliphatic rings. The number of aryl methyl sites for hydroxylation is 2. The Balaban J connectivity index is 2.42. The predicted molar refractivity (Wildman–Crippen MR) is 88.8 cm³/mol. The highest BCUT2D eigenvalue weighted by atomic mass is 16.2.